The van der Waals surface area contributed by atoms with Gasteiger partial charge in [0.15, 0.2) is 0 Å². The lowest BCUT2D eigenvalue weighted by molar-refractivity contribution is 1.18. The molecule has 1 rings (SSSR count). The number of nitrogens with zero attached hydrogens (tertiary/aromatic N) is 2. The first-order valence-corrected chi connectivity index (χ1v) is 4.51. The molecule has 0 aliphatic heterocycles. The molecule has 0 atom stereocenters. The van der Waals surface area contributed by atoms with E-state index < -0.39 is 0 Å². The summed E-state index contributed by atoms with van der Waals surface area (Å²) < 4.78 is 0. The molecule has 0 amide bonds. The Labute approximate surface area is 82.8 Å². The average molecular weight is 198 g/mol. The molecule has 1 N–H and O–H groups in total. The van der Waals surface area contributed by atoms with E-state index >= 15 is 0 Å². The van der Waals surface area contributed by atoms with Crippen LogP contribution in [-0.2, 0) is 0 Å². The van der Waals surface area contributed by atoms with E-state index in [-0.39, 0.29) is 0 Å². The Hall–Kier alpha value is -1.09. The first kappa shape index (κ1) is 9.99. The summed E-state index contributed by atoms with van der Waals surface area (Å²) >= 11 is 5.68. The van der Waals surface area contributed by atoms with Gasteiger partial charge in [0, 0.05) is 11.9 Å². The Balaban J connectivity index is 2.60. The number of halogens is 1. The van der Waals surface area contributed by atoms with E-state index in [1.54, 1.807) is 18.3 Å². The molecule has 1 aromatic rings. The van der Waals surface area contributed by atoms with Gasteiger partial charge in [-0.3, -0.25) is 5.43 Å². The molecular formula is C9H12ClN3. The Morgan fingerprint density at radius 3 is 2.92 bits per heavy atom. The van der Waals surface area contributed by atoms with Crippen LogP contribution in [-0.4, -0.2) is 10.7 Å². The number of hydrazone groups is 1. The largest absolute Gasteiger partial charge is 0.261 e. The van der Waals surface area contributed by atoms with Gasteiger partial charge in [-0.15, -0.1) is 0 Å². The maximum absolute atomic E-state index is 5.68. The SMILES string of the molecule is CCC(C)=NNc1ccc(Cl)cn1. The van der Waals surface area contributed by atoms with Crippen molar-refractivity contribution in [1.29, 1.82) is 0 Å². The third kappa shape index (κ3) is 3.42. The van der Waals surface area contributed by atoms with Gasteiger partial charge in [0.2, 0.25) is 0 Å². The molecule has 0 fully saturated rings. The topological polar surface area (TPSA) is 37.3 Å². The summed E-state index contributed by atoms with van der Waals surface area (Å²) in [5.74, 6) is 0.706. The Bertz CT molecular complexity index is 292. The molecule has 1 heterocycles. The predicted molar refractivity (Wildman–Crippen MR) is 56.3 cm³/mol. The van der Waals surface area contributed by atoms with Crippen LogP contribution in [0.3, 0.4) is 0 Å². The van der Waals surface area contributed by atoms with Crippen molar-refractivity contribution in [3.63, 3.8) is 0 Å². The fraction of sp³-hybridized carbons (Fsp3) is 0.333. The standard InChI is InChI=1S/C9H12ClN3/c1-3-7(2)12-13-9-5-4-8(10)6-11-9/h4-6H,3H2,1-2H3,(H,11,13). The van der Waals surface area contributed by atoms with E-state index in [9.17, 15) is 0 Å². The summed E-state index contributed by atoms with van der Waals surface area (Å²) in [7, 11) is 0. The van der Waals surface area contributed by atoms with E-state index in [4.69, 9.17) is 11.6 Å². The molecule has 0 saturated heterocycles. The second-order valence-corrected chi connectivity index (χ2v) is 3.11. The van der Waals surface area contributed by atoms with Gasteiger partial charge in [0.05, 0.1) is 5.02 Å². The van der Waals surface area contributed by atoms with Crippen LogP contribution >= 0.6 is 11.6 Å². The highest BCUT2D eigenvalue weighted by Gasteiger charge is 1.91. The number of pyridine rings is 1. The van der Waals surface area contributed by atoms with Crippen LogP contribution in [0.2, 0.25) is 5.02 Å². The second-order valence-electron chi connectivity index (χ2n) is 2.67. The van der Waals surface area contributed by atoms with Gasteiger partial charge in [-0.25, -0.2) is 4.98 Å². The van der Waals surface area contributed by atoms with Crippen molar-refractivity contribution in [2.75, 3.05) is 5.43 Å². The fourth-order valence-electron chi connectivity index (χ4n) is 0.674. The van der Waals surface area contributed by atoms with Crippen molar-refractivity contribution >= 4 is 23.1 Å². The van der Waals surface area contributed by atoms with E-state index in [0.717, 1.165) is 12.1 Å². The highest BCUT2D eigenvalue weighted by molar-refractivity contribution is 6.30. The zero-order valence-electron chi connectivity index (χ0n) is 7.71. The molecule has 1 aromatic heterocycles. The summed E-state index contributed by atoms with van der Waals surface area (Å²) in [5.41, 5.74) is 3.88. The summed E-state index contributed by atoms with van der Waals surface area (Å²) in [6.45, 7) is 4.01. The monoisotopic (exact) mass is 197 g/mol. The van der Waals surface area contributed by atoms with Gasteiger partial charge in [-0.1, -0.05) is 18.5 Å². The summed E-state index contributed by atoms with van der Waals surface area (Å²) in [6, 6.07) is 3.56. The summed E-state index contributed by atoms with van der Waals surface area (Å²) in [6.07, 6.45) is 2.52. The molecule has 13 heavy (non-hydrogen) atoms. The quantitative estimate of drug-likeness (QED) is 0.598. The van der Waals surface area contributed by atoms with E-state index in [1.807, 2.05) is 6.92 Å². The lowest BCUT2D eigenvalue weighted by atomic mass is 10.3. The van der Waals surface area contributed by atoms with Gasteiger partial charge in [0.25, 0.3) is 0 Å². The van der Waals surface area contributed by atoms with E-state index in [0.29, 0.717) is 10.8 Å². The predicted octanol–water partition coefficient (Wildman–Crippen LogP) is 2.93. The van der Waals surface area contributed by atoms with Crippen molar-refractivity contribution in [1.82, 2.24) is 4.98 Å². The van der Waals surface area contributed by atoms with Crippen LogP contribution < -0.4 is 5.43 Å². The Kier molecular flexibility index (Phi) is 3.71. The van der Waals surface area contributed by atoms with Gasteiger partial charge < -0.3 is 0 Å². The zero-order chi connectivity index (χ0) is 9.68. The zero-order valence-corrected chi connectivity index (χ0v) is 8.47. The van der Waals surface area contributed by atoms with Crippen LogP contribution in [0.4, 0.5) is 5.82 Å². The van der Waals surface area contributed by atoms with Crippen molar-refractivity contribution in [2.45, 2.75) is 20.3 Å². The lowest BCUT2D eigenvalue weighted by Crippen LogP contribution is -1.96. The van der Waals surface area contributed by atoms with Crippen LogP contribution in [0, 0.1) is 0 Å². The lowest BCUT2D eigenvalue weighted by Gasteiger charge is -1.99. The molecule has 0 saturated carbocycles. The van der Waals surface area contributed by atoms with Gasteiger partial charge in [-0.05, 0) is 25.5 Å². The molecule has 4 heteroatoms. The molecular weight excluding hydrogens is 186 g/mol. The summed E-state index contributed by atoms with van der Waals surface area (Å²) in [4.78, 5) is 4.03. The van der Waals surface area contributed by atoms with Crippen LogP contribution in [0.5, 0.6) is 0 Å². The minimum absolute atomic E-state index is 0.627. The minimum Gasteiger partial charge on any atom is -0.261 e. The Morgan fingerprint density at radius 2 is 2.38 bits per heavy atom. The maximum Gasteiger partial charge on any atom is 0.146 e. The molecule has 0 aromatic carbocycles. The molecule has 3 nitrogen and oxygen atoms in total. The van der Waals surface area contributed by atoms with E-state index in [1.165, 1.54) is 0 Å². The van der Waals surface area contributed by atoms with Gasteiger partial charge >= 0.3 is 0 Å². The highest BCUT2D eigenvalue weighted by atomic mass is 35.5. The molecule has 0 radical (unpaired) electrons. The third-order valence-corrected chi connectivity index (χ3v) is 1.82. The maximum atomic E-state index is 5.68. The molecule has 70 valence electrons. The fourth-order valence-corrected chi connectivity index (χ4v) is 0.786. The van der Waals surface area contributed by atoms with Crippen molar-refractivity contribution in [3.8, 4) is 0 Å². The van der Waals surface area contributed by atoms with Crippen LogP contribution in [0.15, 0.2) is 23.4 Å². The number of aromatic nitrogens is 1. The molecule has 0 spiro atoms. The van der Waals surface area contributed by atoms with Gasteiger partial charge in [-0.2, -0.15) is 5.10 Å². The molecule has 0 aliphatic rings. The minimum atomic E-state index is 0.627. The molecule has 0 bridgehead atoms. The average Bonchev–Trinajstić information content (AvgIpc) is 2.16. The number of hydrogen-bond donors (Lipinski definition) is 1. The molecule has 0 unspecified atom stereocenters. The molecule has 0 aliphatic carbocycles. The normalized spacial score (nSPS) is 11.5. The van der Waals surface area contributed by atoms with Crippen molar-refractivity contribution in [3.05, 3.63) is 23.4 Å². The first-order chi connectivity index (χ1) is 6.22. The van der Waals surface area contributed by atoms with Crippen LogP contribution in [0.1, 0.15) is 20.3 Å². The number of anilines is 1. The number of rotatable bonds is 3. The first-order valence-electron chi connectivity index (χ1n) is 4.13. The van der Waals surface area contributed by atoms with E-state index in [2.05, 4.69) is 22.4 Å². The van der Waals surface area contributed by atoms with Crippen molar-refractivity contribution in [2.24, 2.45) is 5.10 Å². The second kappa shape index (κ2) is 4.82. The number of hydrogen-bond acceptors (Lipinski definition) is 3. The summed E-state index contributed by atoms with van der Waals surface area (Å²) in [5, 5.41) is 4.73. The van der Waals surface area contributed by atoms with Crippen LogP contribution in [0.25, 0.3) is 0 Å². The Morgan fingerprint density at radius 1 is 1.62 bits per heavy atom. The third-order valence-electron chi connectivity index (χ3n) is 1.60. The smallest absolute Gasteiger partial charge is 0.146 e. The van der Waals surface area contributed by atoms with Gasteiger partial charge in [0.1, 0.15) is 5.82 Å². The number of nitrogens with one attached hydrogen (secondary N) is 1. The van der Waals surface area contributed by atoms with Crippen molar-refractivity contribution < 1.29 is 0 Å². The highest BCUT2D eigenvalue weighted by Crippen LogP contribution is 2.09.